The first kappa shape index (κ1) is 9.36. The molecule has 0 aliphatic heterocycles. The second-order valence-electron chi connectivity index (χ2n) is 2.80. The van der Waals surface area contributed by atoms with Crippen LogP contribution in [0, 0.1) is 0 Å². The molecule has 2 rings (SSSR count). The average molecular weight is 253 g/mol. The van der Waals surface area contributed by atoms with Gasteiger partial charge in [0.1, 0.15) is 0 Å². The van der Waals surface area contributed by atoms with Crippen LogP contribution in [0.1, 0.15) is 5.56 Å². The molecule has 14 heavy (non-hydrogen) atoms. The first-order valence-corrected chi connectivity index (χ1v) is 4.96. The van der Waals surface area contributed by atoms with Gasteiger partial charge in [0, 0.05) is 11.0 Å². The predicted molar refractivity (Wildman–Crippen MR) is 57.0 cm³/mol. The van der Waals surface area contributed by atoms with Gasteiger partial charge < -0.3 is 5.73 Å². The number of nitrogens with zero attached hydrogens (tertiary/aromatic N) is 3. The lowest BCUT2D eigenvalue weighted by molar-refractivity contribution is 0.741. The molecule has 0 amide bonds. The minimum absolute atomic E-state index is 0.469. The Kier molecular flexibility index (Phi) is 2.60. The highest BCUT2D eigenvalue weighted by molar-refractivity contribution is 9.10. The van der Waals surface area contributed by atoms with Crippen molar-refractivity contribution in [2.24, 2.45) is 5.73 Å². The lowest BCUT2D eigenvalue weighted by Crippen LogP contribution is -2.06. The molecular formula is C9H9BrN4. The van der Waals surface area contributed by atoms with Crippen molar-refractivity contribution in [1.29, 1.82) is 0 Å². The summed E-state index contributed by atoms with van der Waals surface area (Å²) in [6, 6.07) is 5.85. The van der Waals surface area contributed by atoms with Gasteiger partial charge in [-0.1, -0.05) is 15.9 Å². The van der Waals surface area contributed by atoms with E-state index in [0.29, 0.717) is 6.54 Å². The molecule has 1 heterocycles. The van der Waals surface area contributed by atoms with Crippen LogP contribution < -0.4 is 5.73 Å². The normalized spacial score (nSPS) is 10.4. The number of rotatable bonds is 2. The maximum absolute atomic E-state index is 5.64. The summed E-state index contributed by atoms with van der Waals surface area (Å²) >= 11 is 3.39. The fourth-order valence-electron chi connectivity index (χ4n) is 1.25. The van der Waals surface area contributed by atoms with E-state index < -0.39 is 0 Å². The third kappa shape index (κ3) is 1.69. The van der Waals surface area contributed by atoms with E-state index in [4.69, 9.17) is 5.73 Å². The Bertz CT molecular complexity index is 424. The van der Waals surface area contributed by atoms with Crippen molar-refractivity contribution in [3.8, 4) is 5.69 Å². The summed E-state index contributed by atoms with van der Waals surface area (Å²) in [6.45, 7) is 0.469. The molecule has 2 N–H and O–H groups in total. The smallest absolute Gasteiger partial charge is 0.0902 e. The molecule has 0 spiro atoms. The number of hydrogen-bond acceptors (Lipinski definition) is 3. The SMILES string of the molecule is NCc1cc(Br)ccc1-n1nccn1. The second kappa shape index (κ2) is 3.89. The Hall–Kier alpha value is -1.20. The van der Waals surface area contributed by atoms with Crippen LogP contribution >= 0.6 is 15.9 Å². The quantitative estimate of drug-likeness (QED) is 0.882. The molecule has 0 aliphatic rings. The Balaban J connectivity index is 2.53. The zero-order valence-corrected chi connectivity index (χ0v) is 8.98. The molecule has 72 valence electrons. The second-order valence-corrected chi connectivity index (χ2v) is 3.71. The van der Waals surface area contributed by atoms with Crippen LogP contribution in [0.15, 0.2) is 35.1 Å². The molecule has 0 fully saturated rings. The average Bonchev–Trinajstić information content (AvgIpc) is 2.70. The third-order valence-electron chi connectivity index (χ3n) is 1.90. The van der Waals surface area contributed by atoms with Crippen LogP contribution in [0.3, 0.4) is 0 Å². The predicted octanol–water partition coefficient (Wildman–Crippen LogP) is 1.49. The maximum Gasteiger partial charge on any atom is 0.0902 e. The summed E-state index contributed by atoms with van der Waals surface area (Å²) in [5, 5.41) is 8.12. The van der Waals surface area contributed by atoms with Crippen LogP contribution in [-0.2, 0) is 6.54 Å². The molecule has 0 bridgehead atoms. The van der Waals surface area contributed by atoms with Crippen LogP contribution in [-0.4, -0.2) is 15.0 Å². The summed E-state index contributed by atoms with van der Waals surface area (Å²) in [5.74, 6) is 0. The fraction of sp³-hybridized carbons (Fsp3) is 0.111. The molecule has 4 nitrogen and oxygen atoms in total. The van der Waals surface area contributed by atoms with Crippen molar-refractivity contribution >= 4 is 15.9 Å². The van der Waals surface area contributed by atoms with E-state index in [9.17, 15) is 0 Å². The van der Waals surface area contributed by atoms with Crippen LogP contribution in [0.4, 0.5) is 0 Å². The van der Waals surface area contributed by atoms with E-state index in [1.54, 1.807) is 17.2 Å². The topological polar surface area (TPSA) is 56.7 Å². The molecule has 0 radical (unpaired) electrons. The van der Waals surface area contributed by atoms with Crippen molar-refractivity contribution < 1.29 is 0 Å². The Morgan fingerprint density at radius 2 is 2.00 bits per heavy atom. The van der Waals surface area contributed by atoms with Crippen molar-refractivity contribution in [2.45, 2.75) is 6.54 Å². The molecule has 1 aromatic carbocycles. The van der Waals surface area contributed by atoms with Crippen LogP contribution in [0.25, 0.3) is 5.69 Å². The van der Waals surface area contributed by atoms with E-state index in [2.05, 4.69) is 26.1 Å². The molecule has 0 unspecified atom stereocenters. The first-order chi connectivity index (χ1) is 6.81. The molecule has 2 aromatic rings. The van der Waals surface area contributed by atoms with Gasteiger partial charge in [0.2, 0.25) is 0 Å². The Labute approximate surface area is 89.9 Å². The number of aromatic nitrogens is 3. The first-order valence-electron chi connectivity index (χ1n) is 4.16. The van der Waals surface area contributed by atoms with Crippen molar-refractivity contribution in [3.63, 3.8) is 0 Å². The van der Waals surface area contributed by atoms with E-state index in [0.717, 1.165) is 15.7 Å². The number of halogens is 1. The molecule has 1 aromatic heterocycles. The van der Waals surface area contributed by atoms with Gasteiger partial charge in [0.25, 0.3) is 0 Å². The summed E-state index contributed by atoms with van der Waals surface area (Å²) < 4.78 is 1.01. The summed E-state index contributed by atoms with van der Waals surface area (Å²) in [5.41, 5.74) is 7.56. The van der Waals surface area contributed by atoms with E-state index in [1.807, 2.05) is 18.2 Å². The highest BCUT2D eigenvalue weighted by Gasteiger charge is 2.04. The third-order valence-corrected chi connectivity index (χ3v) is 2.39. The summed E-state index contributed by atoms with van der Waals surface area (Å²) in [4.78, 5) is 1.56. The standard InChI is InChI=1S/C9H9BrN4/c10-8-1-2-9(7(5-8)6-11)14-12-3-4-13-14/h1-5H,6,11H2. The van der Waals surface area contributed by atoms with Gasteiger partial charge in [-0.15, -0.1) is 0 Å². The van der Waals surface area contributed by atoms with E-state index in [-0.39, 0.29) is 0 Å². The van der Waals surface area contributed by atoms with Crippen LogP contribution in [0.5, 0.6) is 0 Å². The van der Waals surface area contributed by atoms with Gasteiger partial charge in [-0.05, 0) is 23.8 Å². The molecule has 5 heteroatoms. The Morgan fingerprint density at radius 3 is 2.64 bits per heavy atom. The van der Waals surface area contributed by atoms with Gasteiger partial charge in [-0.2, -0.15) is 15.0 Å². The fourth-order valence-corrected chi connectivity index (χ4v) is 1.66. The zero-order chi connectivity index (χ0) is 9.97. The van der Waals surface area contributed by atoms with Gasteiger partial charge in [0.15, 0.2) is 0 Å². The lowest BCUT2D eigenvalue weighted by Gasteiger charge is -2.06. The molecule has 0 atom stereocenters. The van der Waals surface area contributed by atoms with Crippen molar-refractivity contribution in [3.05, 3.63) is 40.6 Å². The monoisotopic (exact) mass is 252 g/mol. The molecular weight excluding hydrogens is 244 g/mol. The number of benzene rings is 1. The lowest BCUT2D eigenvalue weighted by atomic mass is 10.2. The number of nitrogens with two attached hydrogens (primary N) is 1. The highest BCUT2D eigenvalue weighted by Crippen LogP contribution is 2.18. The van der Waals surface area contributed by atoms with Gasteiger partial charge >= 0.3 is 0 Å². The van der Waals surface area contributed by atoms with Crippen LogP contribution in [0.2, 0.25) is 0 Å². The van der Waals surface area contributed by atoms with Gasteiger partial charge in [0.05, 0.1) is 18.1 Å². The molecule has 0 saturated heterocycles. The summed E-state index contributed by atoms with van der Waals surface area (Å²) in [7, 11) is 0. The minimum Gasteiger partial charge on any atom is -0.326 e. The molecule has 0 aliphatic carbocycles. The minimum atomic E-state index is 0.469. The zero-order valence-electron chi connectivity index (χ0n) is 7.39. The molecule has 0 saturated carbocycles. The van der Waals surface area contributed by atoms with Crippen molar-refractivity contribution in [2.75, 3.05) is 0 Å². The highest BCUT2D eigenvalue weighted by atomic mass is 79.9. The number of hydrogen-bond donors (Lipinski definition) is 1. The summed E-state index contributed by atoms with van der Waals surface area (Å²) in [6.07, 6.45) is 3.28. The van der Waals surface area contributed by atoms with E-state index in [1.165, 1.54) is 0 Å². The van der Waals surface area contributed by atoms with Gasteiger partial charge in [-0.3, -0.25) is 0 Å². The Morgan fingerprint density at radius 1 is 1.29 bits per heavy atom. The van der Waals surface area contributed by atoms with E-state index >= 15 is 0 Å². The maximum atomic E-state index is 5.64. The van der Waals surface area contributed by atoms with Gasteiger partial charge in [-0.25, -0.2) is 0 Å². The largest absolute Gasteiger partial charge is 0.326 e. The van der Waals surface area contributed by atoms with Crippen molar-refractivity contribution in [1.82, 2.24) is 15.0 Å².